The van der Waals surface area contributed by atoms with Crippen LogP contribution in [0.3, 0.4) is 0 Å². The molecule has 0 spiro atoms. The summed E-state index contributed by atoms with van der Waals surface area (Å²) in [6.45, 7) is 1.98. The average Bonchev–Trinajstić information content (AvgIpc) is 3.09. The zero-order valence-corrected chi connectivity index (χ0v) is 19.3. The number of benzene rings is 3. The minimum absolute atomic E-state index is 0.144. The van der Waals surface area contributed by atoms with E-state index in [0.29, 0.717) is 0 Å². The van der Waals surface area contributed by atoms with Crippen molar-refractivity contribution in [3.8, 4) is 0 Å². The lowest BCUT2D eigenvalue weighted by Crippen LogP contribution is -2.35. The highest BCUT2D eigenvalue weighted by molar-refractivity contribution is 8.04. The van der Waals surface area contributed by atoms with Crippen LogP contribution < -0.4 is 9.80 Å². The maximum absolute atomic E-state index is 13.7. The molecule has 0 bridgehead atoms. The molecule has 7 heteroatoms. The molecule has 1 aliphatic heterocycles. The van der Waals surface area contributed by atoms with Gasteiger partial charge in [0.25, 0.3) is 11.8 Å². The molecule has 1 heterocycles. The average molecular weight is 459 g/mol. The first-order chi connectivity index (χ1) is 15.9. The van der Waals surface area contributed by atoms with Gasteiger partial charge in [0.15, 0.2) is 0 Å². The van der Waals surface area contributed by atoms with Crippen molar-refractivity contribution in [2.24, 2.45) is 0 Å². The fraction of sp³-hybridized carbons (Fsp3) is 0.115. The Labute approximate surface area is 196 Å². The van der Waals surface area contributed by atoms with E-state index in [1.807, 2.05) is 61.5 Å². The third-order valence-corrected chi connectivity index (χ3v) is 6.37. The lowest BCUT2D eigenvalue weighted by molar-refractivity contribution is -0.120. The van der Waals surface area contributed by atoms with E-state index in [1.54, 1.807) is 30.1 Å². The van der Waals surface area contributed by atoms with Gasteiger partial charge in [0.1, 0.15) is 10.6 Å². The smallest absolute Gasteiger partial charge is 0.339 e. The van der Waals surface area contributed by atoms with Crippen LogP contribution in [0.25, 0.3) is 0 Å². The minimum atomic E-state index is -0.621. The van der Waals surface area contributed by atoms with Gasteiger partial charge >= 0.3 is 5.97 Å². The molecule has 0 fully saturated rings. The summed E-state index contributed by atoms with van der Waals surface area (Å²) in [5.74, 6) is -1.61. The van der Waals surface area contributed by atoms with Gasteiger partial charge in [-0.05, 0) is 43.3 Å². The van der Waals surface area contributed by atoms with Crippen molar-refractivity contribution in [2.75, 3.05) is 24.0 Å². The second-order valence-electron chi connectivity index (χ2n) is 7.44. The molecule has 6 nitrogen and oxygen atoms in total. The molecule has 0 aliphatic carbocycles. The number of aryl methyl sites for hydroxylation is 1. The van der Waals surface area contributed by atoms with Crippen LogP contribution >= 0.6 is 11.8 Å². The van der Waals surface area contributed by atoms with Gasteiger partial charge < -0.3 is 9.64 Å². The van der Waals surface area contributed by atoms with Gasteiger partial charge in [0, 0.05) is 17.6 Å². The Kier molecular flexibility index (Phi) is 6.33. The number of nitrogens with zero attached hydrogens (tertiary/aromatic N) is 2. The fourth-order valence-electron chi connectivity index (χ4n) is 3.56. The van der Waals surface area contributed by atoms with Gasteiger partial charge in [0.05, 0.1) is 18.4 Å². The molecule has 0 saturated heterocycles. The number of imide groups is 1. The number of rotatable bonds is 6. The minimum Gasteiger partial charge on any atom is -0.465 e. The van der Waals surface area contributed by atoms with Crippen LogP contribution in [-0.4, -0.2) is 31.9 Å². The van der Waals surface area contributed by atoms with Gasteiger partial charge in [-0.3, -0.25) is 9.59 Å². The molecule has 3 aromatic rings. The number of carbonyl (C=O) groups excluding carboxylic acids is 3. The highest BCUT2D eigenvalue weighted by atomic mass is 32.2. The first-order valence-corrected chi connectivity index (χ1v) is 11.1. The van der Waals surface area contributed by atoms with Crippen LogP contribution in [0.15, 0.2) is 94.4 Å². The third-order valence-electron chi connectivity index (χ3n) is 5.29. The van der Waals surface area contributed by atoms with Crippen LogP contribution in [-0.2, 0) is 14.3 Å². The molecular formula is C26H22N2O4S. The maximum atomic E-state index is 13.7. The molecule has 0 aromatic heterocycles. The van der Waals surface area contributed by atoms with Crippen molar-refractivity contribution in [1.82, 2.24) is 0 Å². The Morgan fingerprint density at radius 1 is 0.879 bits per heavy atom. The molecule has 0 unspecified atom stereocenters. The van der Waals surface area contributed by atoms with E-state index in [0.717, 1.165) is 21.0 Å². The summed E-state index contributed by atoms with van der Waals surface area (Å²) in [5, 5.41) is 0. The van der Waals surface area contributed by atoms with Gasteiger partial charge in [-0.15, -0.1) is 0 Å². The summed E-state index contributed by atoms with van der Waals surface area (Å²) in [6.07, 6.45) is 0. The predicted molar refractivity (Wildman–Crippen MR) is 129 cm³/mol. The molecule has 4 rings (SSSR count). The fourth-order valence-corrected chi connectivity index (χ4v) is 4.57. The number of esters is 1. The summed E-state index contributed by atoms with van der Waals surface area (Å²) in [6, 6.07) is 23.5. The molecule has 3 aromatic carbocycles. The van der Waals surface area contributed by atoms with Crippen molar-refractivity contribution in [3.63, 3.8) is 0 Å². The third kappa shape index (κ3) is 4.27. The number of hydrogen-bond donors (Lipinski definition) is 0. The second kappa shape index (κ2) is 9.34. The van der Waals surface area contributed by atoms with Gasteiger partial charge in [-0.1, -0.05) is 59.8 Å². The first kappa shape index (κ1) is 22.4. The summed E-state index contributed by atoms with van der Waals surface area (Å²) in [5.41, 5.74) is 2.44. The van der Waals surface area contributed by atoms with Crippen LogP contribution in [0.5, 0.6) is 0 Å². The van der Waals surface area contributed by atoms with Crippen LogP contribution in [0.1, 0.15) is 15.9 Å². The predicted octanol–water partition coefficient (Wildman–Crippen LogP) is 4.80. The Morgan fingerprint density at radius 2 is 1.52 bits per heavy atom. The van der Waals surface area contributed by atoms with E-state index in [4.69, 9.17) is 4.74 Å². The van der Waals surface area contributed by atoms with Crippen LogP contribution in [0.4, 0.5) is 11.4 Å². The monoisotopic (exact) mass is 458 g/mol. The number of likely N-dealkylation sites (N-methyl/N-ethyl adjacent to an activating group) is 1. The Morgan fingerprint density at radius 3 is 2.18 bits per heavy atom. The van der Waals surface area contributed by atoms with Crippen molar-refractivity contribution in [1.29, 1.82) is 0 Å². The quantitative estimate of drug-likeness (QED) is 0.391. The standard InChI is InChI=1S/C26H22N2O4S/c1-17-13-15-19(16-14-17)33-23-22(27(2)18-9-5-4-6-10-18)24(29)28(25(23)30)21-12-8-7-11-20(21)26(31)32-3/h4-16H,1-3H3. The topological polar surface area (TPSA) is 66.9 Å². The van der Waals surface area contributed by atoms with Crippen molar-refractivity contribution in [3.05, 3.63) is 101 Å². The summed E-state index contributed by atoms with van der Waals surface area (Å²) < 4.78 is 4.87. The summed E-state index contributed by atoms with van der Waals surface area (Å²) in [7, 11) is 3.01. The Balaban J connectivity index is 1.83. The Bertz CT molecular complexity index is 1250. The Hall–Kier alpha value is -3.84. The van der Waals surface area contributed by atoms with Gasteiger partial charge in [-0.2, -0.15) is 0 Å². The molecule has 0 atom stereocenters. The molecule has 166 valence electrons. The molecule has 1 aliphatic rings. The molecule has 0 radical (unpaired) electrons. The molecule has 0 saturated carbocycles. The highest BCUT2D eigenvalue weighted by Gasteiger charge is 2.43. The number of amides is 2. The van der Waals surface area contributed by atoms with E-state index >= 15 is 0 Å². The summed E-state index contributed by atoms with van der Waals surface area (Å²) >= 11 is 1.23. The highest BCUT2D eigenvalue weighted by Crippen LogP contribution is 2.40. The lowest BCUT2D eigenvalue weighted by Gasteiger charge is -2.22. The number of carbonyl (C=O) groups is 3. The maximum Gasteiger partial charge on any atom is 0.339 e. The zero-order valence-electron chi connectivity index (χ0n) is 18.4. The SMILES string of the molecule is COC(=O)c1ccccc1N1C(=O)C(Sc2ccc(C)cc2)=C(N(C)c2ccccc2)C1=O. The van der Waals surface area contributed by atoms with Crippen LogP contribution in [0, 0.1) is 6.92 Å². The van der Waals surface area contributed by atoms with E-state index in [9.17, 15) is 14.4 Å². The molecular weight excluding hydrogens is 436 g/mol. The number of anilines is 2. The number of hydrogen-bond acceptors (Lipinski definition) is 6. The van der Waals surface area contributed by atoms with Crippen molar-refractivity contribution >= 4 is 40.9 Å². The van der Waals surface area contributed by atoms with Crippen molar-refractivity contribution < 1.29 is 19.1 Å². The summed E-state index contributed by atoms with van der Waals surface area (Å²) in [4.78, 5) is 43.6. The zero-order chi connectivity index (χ0) is 23.5. The van der Waals surface area contributed by atoms with E-state index < -0.39 is 17.8 Å². The molecule has 0 N–H and O–H groups in total. The van der Waals surface area contributed by atoms with Gasteiger partial charge in [-0.25, -0.2) is 9.69 Å². The van der Waals surface area contributed by atoms with Crippen LogP contribution in [0.2, 0.25) is 0 Å². The number of methoxy groups -OCH3 is 1. The van der Waals surface area contributed by atoms with E-state index in [1.165, 1.54) is 24.9 Å². The first-order valence-electron chi connectivity index (χ1n) is 10.3. The molecule has 33 heavy (non-hydrogen) atoms. The van der Waals surface area contributed by atoms with Gasteiger partial charge in [0.2, 0.25) is 0 Å². The van der Waals surface area contributed by atoms with E-state index in [-0.39, 0.29) is 21.9 Å². The largest absolute Gasteiger partial charge is 0.465 e. The van der Waals surface area contributed by atoms with Crippen molar-refractivity contribution in [2.45, 2.75) is 11.8 Å². The number of ether oxygens (including phenoxy) is 1. The van der Waals surface area contributed by atoms with E-state index in [2.05, 4.69) is 0 Å². The molecule has 2 amide bonds. The number of para-hydroxylation sites is 2. The lowest BCUT2D eigenvalue weighted by atomic mass is 10.1. The normalized spacial score (nSPS) is 13.5. The second-order valence-corrected chi connectivity index (χ2v) is 8.53. The number of thioether (sulfide) groups is 1.